The summed E-state index contributed by atoms with van der Waals surface area (Å²) in [5, 5.41) is 1.01. The van der Waals surface area contributed by atoms with Crippen molar-refractivity contribution in [1.29, 1.82) is 0 Å². The zero-order chi connectivity index (χ0) is 20.4. The summed E-state index contributed by atoms with van der Waals surface area (Å²) < 4.78 is 6.85. The number of nitrogens with zero attached hydrogens (tertiary/aromatic N) is 5. The zero-order valence-corrected chi connectivity index (χ0v) is 16.3. The highest BCUT2D eigenvalue weighted by Crippen LogP contribution is 2.25. The van der Waals surface area contributed by atoms with Crippen LogP contribution >= 0.6 is 11.8 Å². The fraction of sp³-hybridized carbons (Fsp3) is 0.105. The summed E-state index contributed by atoms with van der Waals surface area (Å²) in [4.78, 5) is 29.9. The molecule has 0 bridgehead atoms. The van der Waals surface area contributed by atoms with E-state index in [9.17, 15) is 4.79 Å². The van der Waals surface area contributed by atoms with Gasteiger partial charge in [-0.2, -0.15) is 15.0 Å². The zero-order valence-electron chi connectivity index (χ0n) is 15.4. The topological polar surface area (TPSA) is 135 Å². The van der Waals surface area contributed by atoms with Crippen LogP contribution in [0, 0.1) is 0 Å². The molecule has 0 fully saturated rings. The van der Waals surface area contributed by atoms with E-state index in [0.717, 1.165) is 0 Å². The highest BCUT2D eigenvalue weighted by molar-refractivity contribution is 7.98. The third-order valence-electron chi connectivity index (χ3n) is 4.10. The van der Waals surface area contributed by atoms with Gasteiger partial charge in [0.1, 0.15) is 11.6 Å². The monoisotopic (exact) mass is 407 g/mol. The summed E-state index contributed by atoms with van der Waals surface area (Å²) in [5.74, 6) is 1.44. The normalized spacial score (nSPS) is 10.9. The molecule has 146 valence electrons. The lowest BCUT2D eigenvalue weighted by molar-refractivity contribution is 0.414. The van der Waals surface area contributed by atoms with Crippen LogP contribution in [0.3, 0.4) is 0 Å². The van der Waals surface area contributed by atoms with Gasteiger partial charge in [-0.05, 0) is 24.3 Å². The standard InChI is InChI=1S/C19H17N7O2S/c1-28-12-6-4-5-11(9-12)26-16(27)13-7-2-3-8-14(13)22-19(26)29-10-15-23-17(20)25-18(21)24-15/h2-9H,10H2,1H3,(H4,20,21,23,24,25). The van der Waals surface area contributed by atoms with Gasteiger partial charge in [-0.15, -0.1) is 0 Å². The minimum absolute atomic E-state index is 0.0461. The number of rotatable bonds is 5. The number of para-hydroxylation sites is 1. The molecule has 4 aromatic rings. The van der Waals surface area contributed by atoms with E-state index >= 15 is 0 Å². The first kappa shape index (κ1) is 18.7. The Kier molecular flexibility index (Phi) is 5.00. The number of ether oxygens (including phenoxy) is 1. The number of nitrogens with two attached hydrogens (primary N) is 2. The molecule has 0 amide bonds. The van der Waals surface area contributed by atoms with Gasteiger partial charge in [0.05, 0.1) is 29.5 Å². The second-order valence-electron chi connectivity index (χ2n) is 6.01. The maximum atomic E-state index is 13.3. The molecule has 0 aliphatic heterocycles. The van der Waals surface area contributed by atoms with E-state index in [1.807, 2.05) is 30.3 Å². The molecule has 0 spiro atoms. The highest BCUT2D eigenvalue weighted by Gasteiger charge is 2.15. The van der Waals surface area contributed by atoms with Crippen LogP contribution in [0.1, 0.15) is 5.82 Å². The van der Waals surface area contributed by atoms with Crippen LogP contribution in [0.5, 0.6) is 5.75 Å². The van der Waals surface area contributed by atoms with Gasteiger partial charge in [-0.25, -0.2) is 4.98 Å². The Bertz CT molecular complexity index is 1240. The van der Waals surface area contributed by atoms with Crippen LogP contribution in [0.2, 0.25) is 0 Å². The summed E-state index contributed by atoms with van der Waals surface area (Å²) in [5.41, 5.74) is 12.4. The van der Waals surface area contributed by atoms with Crippen LogP contribution in [0.15, 0.2) is 58.5 Å². The van der Waals surface area contributed by atoms with Crippen molar-refractivity contribution in [3.8, 4) is 11.4 Å². The van der Waals surface area contributed by atoms with Gasteiger partial charge < -0.3 is 16.2 Å². The molecule has 0 saturated carbocycles. The predicted octanol–water partition coefficient (Wildman–Crippen LogP) is 2.04. The van der Waals surface area contributed by atoms with Crippen molar-refractivity contribution in [3.63, 3.8) is 0 Å². The van der Waals surface area contributed by atoms with Crippen LogP contribution in [0.25, 0.3) is 16.6 Å². The van der Waals surface area contributed by atoms with E-state index in [4.69, 9.17) is 16.2 Å². The number of anilines is 2. The first-order valence-electron chi connectivity index (χ1n) is 8.60. The summed E-state index contributed by atoms with van der Waals surface area (Å²) >= 11 is 1.30. The number of fused-ring (bicyclic) bond motifs is 1. The molecule has 2 aromatic carbocycles. The van der Waals surface area contributed by atoms with Crippen LogP contribution in [-0.2, 0) is 5.75 Å². The molecule has 29 heavy (non-hydrogen) atoms. The number of hydrogen-bond acceptors (Lipinski definition) is 9. The lowest BCUT2D eigenvalue weighted by Crippen LogP contribution is -2.21. The lowest BCUT2D eigenvalue weighted by Gasteiger charge is -2.14. The van der Waals surface area contributed by atoms with Crippen LogP contribution in [0.4, 0.5) is 11.9 Å². The number of thioether (sulfide) groups is 1. The molecule has 2 aromatic heterocycles. The first-order valence-corrected chi connectivity index (χ1v) is 9.58. The van der Waals surface area contributed by atoms with Crippen molar-refractivity contribution in [2.24, 2.45) is 0 Å². The maximum absolute atomic E-state index is 13.3. The van der Waals surface area contributed by atoms with Gasteiger partial charge in [0.2, 0.25) is 11.9 Å². The van der Waals surface area contributed by atoms with E-state index in [1.54, 1.807) is 29.9 Å². The second kappa shape index (κ2) is 7.76. The second-order valence-corrected chi connectivity index (χ2v) is 6.95. The summed E-state index contributed by atoms with van der Waals surface area (Å²) in [6, 6.07) is 14.4. The third kappa shape index (κ3) is 3.83. The average molecular weight is 407 g/mol. The van der Waals surface area contributed by atoms with E-state index < -0.39 is 0 Å². The van der Waals surface area contributed by atoms with Crippen molar-refractivity contribution in [1.82, 2.24) is 24.5 Å². The van der Waals surface area contributed by atoms with Crippen molar-refractivity contribution in [2.75, 3.05) is 18.6 Å². The van der Waals surface area contributed by atoms with Crippen LogP contribution < -0.4 is 21.8 Å². The lowest BCUT2D eigenvalue weighted by atomic mass is 10.2. The smallest absolute Gasteiger partial charge is 0.266 e. The molecule has 2 heterocycles. The molecule has 4 N–H and O–H groups in total. The minimum atomic E-state index is -0.180. The van der Waals surface area contributed by atoms with E-state index in [2.05, 4.69) is 19.9 Å². The quantitative estimate of drug-likeness (QED) is 0.376. The molecule has 9 nitrogen and oxygen atoms in total. The molecule has 0 saturated heterocycles. The van der Waals surface area contributed by atoms with E-state index in [0.29, 0.717) is 39.1 Å². The molecule has 0 unspecified atom stereocenters. The van der Waals surface area contributed by atoms with Crippen LogP contribution in [-0.4, -0.2) is 31.6 Å². The Morgan fingerprint density at radius 1 is 1.00 bits per heavy atom. The number of nitrogen functional groups attached to an aromatic ring is 2. The van der Waals surface area contributed by atoms with Crippen molar-refractivity contribution >= 4 is 34.6 Å². The van der Waals surface area contributed by atoms with Crippen molar-refractivity contribution in [3.05, 3.63) is 64.7 Å². The largest absolute Gasteiger partial charge is 0.497 e. The molecule has 0 atom stereocenters. The van der Waals surface area contributed by atoms with Gasteiger partial charge in [-0.3, -0.25) is 9.36 Å². The first-order chi connectivity index (χ1) is 14.0. The third-order valence-corrected chi connectivity index (χ3v) is 5.04. The summed E-state index contributed by atoms with van der Waals surface area (Å²) in [7, 11) is 1.58. The molecular formula is C19H17N7O2S. The van der Waals surface area contributed by atoms with Crippen molar-refractivity contribution < 1.29 is 4.74 Å². The average Bonchev–Trinajstić information content (AvgIpc) is 2.72. The van der Waals surface area contributed by atoms with Gasteiger partial charge in [0.15, 0.2) is 5.16 Å². The number of hydrogen-bond donors (Lipinski definition) is 2. The van der Waals surface area contributed by atoms with Gasteiger partial charge in [0, 0.05) is 6.07 Å². The Morgan fingerprint density at radius 3 is 2.52 bits per heavy atom. The van der Waals surface area contributed by atoms with Gasteiger partial charge in [0.25, 0.3) is 5.56 Å². The Hall–Kier alpha value is -3.66. The fourth-order valence-electron chi connectivity index (χ4n) is 2.84. The molecule has 0 aliphatic carbocycles. The van der Waals surface area contributed by atoms with E-state index in [1.165, 1.54) is 11.8 Å². The Balaban J connectivity index is 1.83. The summed E-state index contributed by atoms with van der Waals surface area (Å²) in [6.07, 6.45) is 0. The SMILES string of the molecule is COc1cccc(-n2c(SCc3nc(N)nc(N)n3)nc3ccccc3c2=O)c1. The molecule has 0 aliphatic rings. The molecule has 0 radical (unpaired) electrons. The molecule has 4 rings (SSSR count). The molecular weight excluding hydrogens is 390 g/mol. The Morgan fingerprint density at radius 2 is 1.76 bits per heavy atom. The minimum Gasteiger partial charge on any atom is -0.497 e. The van der Waals surface area contributed by atoms with Crippen molar-refractivity contribution in [2.45, 2.75) is 10.9 Å². The maximum Gasteiger partial charge on any atom is 0.266 e. The van der Waals surface area contributed by atoms with E-state index in [-0.39, 0.29) is 17.5 Å². The fourth-order valence-corrected chi connectivity index (χ4v) is 3.70. The number of benzene rings is 2. The number of aromatic nitrogens is 5. The molecule has 10 heteroatoms. The van der Waals surface area contributed by atoms with Gasteiger partial charge >= 0.3 is 0 Å². The summed E-state index contributed by atoms with van der Waals surface area (Å²) in [6.45, 7) is 0. The predicted molar refractivity (Wildman–Crippen MR) is 112 cm³/mol. The number of methoxy groups -OCH3 is 1. The highest BCUT2D eigenvalue weighted by atomic mass is 32.2. The Labute approximate surface area is 169 Å². The van der Waals surface area contributed by atoms with Gasteiger partial charge in [-0.1, -0.05) is 30.0 Å².